The lowest BCUT2D eigenvalue weighted by atomic mass is 10.0. The quantitative estimate of drug-likeness (QED) is 0.858. The molecule has 1 heterocycles. The third-order valence-corrected chi connectivity index (χ3v) is 2.88. The first-order valence-electron chi connectivity index (χ1n) is 5.76. The molecule has 0 aliphatic carbocycles. The van der Waals surface area contributed by atoms with E-state index in [1.165, 1.54) is 0 Å². The first kappa shape index (κ1) is 11.1. The fourth-order valence-electron chi connectivity index (χ4n) is 2.11. The summed E-state index contributed by atoms with van der Waals surface area (Å²) in [4.78, 5) is 4.60. The Labute approximate surface area is 96.3 Å². The molecule has 1 aromatic heterocycles. The van der Waals surface area contributed by atoms with Gasteiger partial charge in [-0.3, -0.25) is 0 Å². The average Bonchev–Trinajstić information content (AvgIpc) is 2.56. The van der Waals surface area contributed by atoms with Crippen LogP contribution in [0.2, 0.25) is 0 Å². The number of para-hydroxylation sites is 2. The first-order chi connectivity index (χ1) is 7.59. The summed E-state index contributed by atoms with van der Waals surface area (Å²) in [6.45, 7) is 4.37. The van der Waals surface area contributed by atoms with Gasteiger partial charge in [0.2, 0.25) is 0 Å². The second kappa shape index (κ2) is 4.26. The number of nitrogens with two attached hydrogens (primary N) is 1. The summed E-state index contributed by atoms with van der Waals surface area (Å²) in [5, 5.41) is 0. The average molecular weight is 217 g/mol. The number of aromatic nitrogens is 2. The van der Waals surface area contributed by atoms with Crippen molar-refractivity contribution in [2.24, 2.45) is 18.7 Å². The number of fused-ring (bicyclic) bond motifs is 1. The highest BCUT2D eigenvalue weighted by atomic mass is 15.1. The van der Waals surface area contributed by atoms with Gasteiger partial charge in [-0.25, -0.2) is 4.98 Å². The summed E-state index contributed by atoms with van der Waals surface area (Å²) < 4.78 is 2.10. The van der Waals surface area contributed by atoms with Crippen molar-refractivity contribution in [1.82, 2.24) is 9.55 Å². The zero-order valence-electron chi connectivity index (χ0n) is 10.1. The molecule has 0 aliphatic heterocycles. The topological polar surface area (TPSA) is 43.8 Å². The summed E-state index contributed by atoms with van der Waals surface area (Å²) in [7, 11) is 2.03. The molecule has 0 fully saturated rings. The summed E-state index contributed by atoms with van der Waals surface area (Å²) in [5.74, 6) is 1.57. The van der Waals surface area contributed by atoms with Crippen LogP contribution in [0.1, 0.15) is 32.1 Å². The molecule has 16 heavy (non-hydrogen) atoms. The van der Waals surface area contributed by atoms with Crippen molar-refractivity contribution >= 4 is 11.0 Å². The van der Waals surface area contributed by atoms with Gasteiger partial charge in [0.15, 0.2) is 0 Å². The van der Waals surface area contributed by atoms with E-state index in [2.05, 4.69) is 29.5 Å². The maximum atomic E-state index is 6.18. The highest BCUT2D eigenvalue weighted by molar-refractivity contribution is 5.75. The van der Waals surface area contributed by atoms with Crippen LogP contribution in [0.25, 0.3) is 11.0 Å². The highest BCUT2D eigenvalue weighted by Crippen LogP contribution is 2.22. The van der Waals surface area contributed by atoms with E-state index in [0.29, 0.717) is 5.92 Å². The van der Waals surface area contributed by atoms with Crippen molar-refractivity contribution in [3.63, 3.8) is 0 Å². The van der Waals surface area contributed by atoms with Gasteiger partial charge in [0.05, 0.1) is 17.1 Å². The Kier molecular flexibility index (Phi) is 2.97. The maximum absolute atomic E-state index is 6.18. The smallest absolute Gasteiger partial charge is 0.126 e. The molecule has 0 spiro atoms. The van der Waals surface area contributed by atoms with E-state index in [4.69, 9.17) is 5.73 Å². The first-order valence-corrected chi connectivity index (χ1v) is 5.76. The van der Waals surface area contributed by atoms with Crippen LogP contribution in [0.15, 0.2) is 24.3 Å². The molecule has 86 valence electrons. The summed E-state index contributed by atoms with van der Waals surface area (Å²) in [5.41, 5.74) is 8.35. The van der Waals surface area contributed by atoms with Gasteiger partial charge < -0.3 is 10.3 Å². The molecule has 1 atom stereocenters. The second-order valence-electron chi connectivity index (χ2n) is 4.75. The predicted octanol–water partition coefficient (Wildman–Crippen LogP) is 2.62. The monoisotopic (exact) mass is 217 g/mol. The minimum atomic E-state index is 0.0254. The van der Waals surface area contributed by atoms with Gasteiger partial charge in [-0.2, -0.15) is 0 Å². The van der Waals surface area contributed by atoms with Crippen molar-refractivity contribution in [1.29, 1.82) is 0 Å². The zero-order chi connectivity index (χ0) is 11.7. The van der Waals surface area contributed by atoms with Gasteiger partial charge in [0.1, 0.15) is 5.82 Å². The number of rotatable bonds is 3. The van der Waals surface area contributed by atoms with Crippen LogP contribution >= 0.6 is 0 Å². The minimum Gasteiger partial charge on any atom is -0.330 e. The summed E-state index contributed by atoms with van der Waals surface area (Å²) >= 11 is 0. The predicted molar refractivity (Wildman–Crippen MR) is 67.1 cm³/mol. The molecule has 3 nitrogen and oxygen atoms in total. The number of hydrogen-bond acceptors (Lipinski definition) is 2. The summed E-state index contributed by atoms with van der Waals surface area (Å²) in [6.07, 6.45) is 0.969. The molecule has 3 heteroatoms. The molecule has 1 unspecified atom stereocenters. The lowest BCUT2D eigenvalue weighted by molar-refractivity contribution is 0.485. The third-order valence-electron chi connectivity index (χ3n) is 2.88. The van der Waals surface area contributed by atoms with Crippen molar-refractivity contribution in [2.45, 2.75) is 26.3 Å². The Morgan fingerprint density at radius 1 is 1.31 bits per heavy atom. The van der Waals surface area contributed by atoms with E-state index >= 15 is 0 Å². The molecular weight excluding hydrogens is 198 g/mol. The van der Waals surface area contributed by atoms with Gasteiger partial charge in [-0.05, 0) is 24.5 Å². The van der Waals surface area contributed by atoms with Crippen LogP contribution < -0.4 is 5.73 Å². The number of aryl methyl sites for hydroxylation is 1. The Morgan fingerprint density at radius 3 is 2.62 bits per heavy atom. The lowest BCUT2D eigenvalue weighted by Crippen LogP contribution is -2.17. The largest absolute Gasteiger partial charge is 0.330 e. The van der Waals surface area contributed by atoms with Crippen LogP contribution in [0.4, 0.5) is 0 Å². The molecule has 2 N–H and O–H groups in total. The molecule has 0 aliphatic rings. The molecule has 0 bridgehead atoms. The second-order valence-corrected chi connectivity index (χ2v) is 4.75. The molecule has 1 aromatic carbocycles. The van der Waals surface area contributed by atoms with Crippen LogP contribution in [-0.2, 0) is 7.05 Å². The number of hydrogen-bond donors (Lipinski definition) is 1. The van der Waals surface area contributed by atoms with Gasteiger partial charge in [-0.1, -0.05) is 26.0 Å². The van der Waals surface area contributed by atoms with Crippen molar-refractivity contribution in [2.75, 3.05) is 0 Å². The standard InChI is InChI=1S/C13H19N3/c1-9(2)8-10(14)13-15-11-6-4-5-7-12(11)16(13)3/h4-7,9-10H,8,14H2,1-3H3. The number of nitrogens with zero attached hydrogens (tertiary/aromatic N) is 2. The Balaban J connectivity index is 2.41. The van der Waals surface area contributed by atoms with Crippen LogP contribution in [0.5, 0.6) is 0 Å². The van der Waals surface area contributed by atoms with Crippen LogP contribution in [0.3, 0.4) is 0 Å². The Morgan fingerprint density at radius 2 is 2.00 bits per heavy atom. The van der Waals surface area contributed by atoms with Gasteiger partial charge >= 0.3 is 0 Å². The van der Waals surface area contributed by atoms with Crippen molar-refractivity contribution in [3.8, 4) is 0 Å². The van der Waals surface area contributed by atoms with E-state index in [-0.39, 0.29) is 6.04 Å². The molecule has 0 radical (unpaired) electrons. The molecular formula is C13H19N3. The van der Waals surface area contributed by atoms with Gasteiger partial charge in [-0.15, -0.1) is 0 Å². The van der Waals surface area contributed by atoms with E-state index < -0.39 is 0 Å². The third kappa shape index (κ3) is 1.95. The van der Waals surface area contributed by atoms with Crippen LogP contribution in [-0.4, -0.2) is 9.55 Å². The fourth-order valence-corrected chi connectivity index (χ4v) is 2.11. The van der Waals surface area contributed by atoms with E-state index in [0.717, 1.165) is 23.3 Å². The Hall–Kier alpha value is -1.35. The van der Waals surface area contributed by atoms with Gasteiger partial charge in [0, 0.05) is 7.05 Å². The van der Waals surface area contributed by atoms with Crippen molar-refractivity contribution < 1.29 is 0 Å². The van der Waals surface area contributed by atoms with Crippen LogP contribution in [0, 0.1) is 5.92 Å². The molecule has 0 amide bonds. The number of imidazole rings is 1. The molecule has 2 rings (SSSR count). The van der Waals surface area contributed by atoms with Gasteiger partial charge in [0.25, 0.3) is 0 Å². The number of benzene rings is 1. The van der Waals surface area contributed by atoms with E-state index in [9.17, 15) is 0 Å². The molecule has 0 saturated carbocycles. The fraction of sp³-hybridized carbons (Fsp3) is 0.462. The minimum absolute atomic E-state index is 0.0254. The Bertz CT molecular complexity index is 485. The molecule has 0 saturated heterocycles. The van der Waals surface area contributed by atoms with Crippen molar-refractivity contribution in [3.05, 3.63) is 30.1 Å². The zero-order valence-corrected chi connectivity index (χ0v) is 10.1. The highest BCUT2D eigenvalue weighted by Gasteiger charge is 2.15. The normalized spacial score (nSPS) is 13.6. The SMILES string of the molecule is CC(C)CC(N)c1nc2ccccc2n1C. The van der Waals surface area contributed by atoms with E-state index in [1.54, 1.807) is 0 Å². The molecule has 2 aromatic rings. The lowest BCUT2D eigenvalue weighted by Gasteiger charge is -2.13. The summed E-state index contributed by atoms with van der Waals surface area (Å²) in [6, 6.07) is 8.17. The maximum Gasteiger partial charge on any atom is 0.126 e. The van der Waals surface area contributed by atoms with E-state index in [1.807, 2.05) is 25.2 Å².